The predicted molar refractivity (Wildman–Crippen MR) is 53.8 cm³/mol. The number of carbonyl (C=O) groups is 1. The second-order valence-corrected chi connectivity index (χ2v) is 4.11. The van der Waals surface area contributed by atoms with Crippen molar-refractivity contribution in [2.24, 2.45) is 0 Å². The van der Waals surface area contributed by atoms with E-state index in [1.54, 1.807) is 0 Å². The van der Waals surface area contributed by atoms with E-state index in [2.05, 4.69) is 15.9 Å². The third-order valence-corrected chi connectivity index (χ3v) is 2.75. The number of carbonyl (C=O) groups excluding carboxylic acids is 1. The Kier molecular flexibility index (Phi) is 4.24. The van der Waals surface area contributed by atoms with Gasteiger partial charge in [0.1, 0.15) is 5.82 Å². The lowest BCUT2D eigenvalue weighted by Gasteiger charge is -2.14. The maximum absolute atomic E-state index is 12.7. The molecule has 0 aromatic heterocycles. The highest BCUT2D eigenvalue weighted by Crippen LogP contribution is 2.27. The molecule has 0 N–H and O–H groups in total. The van der Waals surface area contributed by atoms with Crippen LogP contribution >= 0.6 is 15.9 Å². The van der Waals surface area contributed by atoms with Gasteiger partial charge in [-0.3, -0.25) is 4.79 Å². The van der Waals surface area contributed by atoms with E-state index in [1.165, 1.54) is 0 Å². The first kappa shape index (κ1) is 14.1. The van der Waals surface area contributed by atoms with Crippen molar-refractivity contribution in [3.8, 4) is 0 Å². The zero-order chi connectivity index (χ0) is 13.2. The van der Waals surface area contributed by atoms with E-state index in [0.29, 0.717) is 0 Å². The Balaban J connectivity index is 2.89. The molecule has 94 valence electrons. The fourth-order valence-corrected chi connectivity index (χ4v) is 1.57. The Morgan fingerprint density at radius 3 is 2.41 bits per heavy atom. The highest BCUT2D eigenvalue weighted by atomic mass is 79.9. The van der Waals surface area contributed by atoms with Crippen molar-refractivity contribution < 1.29 is 26.7 Å². The normalized spacial score (nSPS) is 11.9. The molecule has 1 nitrogen and oxygen atoms in total. The Morgan fingerprint density at radius 2 is 1.94 bits per heavy atom. The molecule has 0 heterocycles. The fourth-order valence-electron chi connectivity index (χ4n) is 1.08. The van der Waals surface area contributed by atoms with Crippen LogP contribution in [0, 0.1) is 5.82 Å². The summed E-state index contributed by atoms with van der Waals surface area (Å²) in [4.78, 5) is 11.0. The maximum atomic E-state index is 12.7. The van der Waals surface area contributed by atoms with E-state index in [4.69, 9.17) is 0 Å². The molecule has 1 aromatic rings. The molecule has 0 spiro atoms. The van der Waals surface area contributed by atoms with Gasteiger partial charge in [0.25, 0.3) is 0 Å². The van der Waals surface area contributed by atoms with E-state index in [1.807, 2.05) is 0 Å². The van der Waals surface area contributed by atoms with E-state index < -0.39 is 30.4 Å². The molecule has 0 aliphatic rings. The van der Waals surface area contributed by atoms with Gasteiger partial charge in [0.15, 0.2) is 0 Å². The third-order valence-electron chi connectivity index (χ3n) is 2.01. The highest BCUT2D eigenvalue weighted by Gasteiger charge is 2.48. The molecule has 0 aliphatic carbocycles. The van der Waals surface area contributed by atoms with Crippen LogP contribution in [-0.4, -0.2) is 18.1 Å². The average molecular weight is 317 g/mol. The van der Waals surface area contributed by atoms with Crippen molar-refractivity contribution in [2.45, 2.75) is 18.8 Å². The summed E-state index contributed by atoms with van der Waals surface area (Å²) in [6, 6.07) is 3.00. The molecule has 0 amide bonds. The van der Waals surface area contributed by atoms with Crippen molar-refractivity contribution in [1.29, 1.82) is 0 Å². The quantitative estimate of drug-likeness (QED) is 0.776. The molecule has 0 atom stereocenters. The number of benzene rings is 1. The second kappa shape index (κ2) is 5.12. The van der Waals surface area contributed by atoms with Crippen LogP contribution in [0.4, 0.5) is 22.0 Å². The van der Waals surface area contributed by atoms with Crippen molar-refractivity contribution in [1.82, 2.24) is 0 Å². The highest BCUT2D eigenvalue weighted by molar-refractivity contribution is 9.10. The van der Waals surface area contributed by atoms with Crippen LogP contribution in [0.1, 0.15) is 5.56 Å². The van der Waals surface area contributed by atoms with Gasteiger partial charge in [0.2, 0.25) is 5.78 Å². The van der Waals surface area contributed by atoms with E-state index in [0.717, 1.165) is 18.2 Å². The molecule has 0 radical (unpaired) electrons. The van der Waals surface area contributed by atoms with Gasteiger partial charge in [-0.05, 0) is 17.7 Å². The van der Waals surface area contributed by atoms with Crippen molar-refractivity contribution >= 4 is 21.7 Å². The Labute approximate surface area is 102 Å². The first-order chi connectivity index (χ1) is 7.75. The summed E-state index contributed by atoms with van der Waals surface area (Å²) in [5.74, 6) is -7.22. The number of alkyl halides is 4. The molecule has 1 aromatic carbocycles. The molecule has 0 unspecified atom stereocenters. The molecule has 7 heteroatoms. The standard InChI is InChI=1S/C10H6BrF5O/c11-7-4-6(12)2-1-5(7)3-8(17)10(15,16)9(13)14/h1-2,4,9H,3H2. The smallest absolute Gasteiger partial charge is 0.292 e. The molecule has 0 aliphatic heterocycles. The first-order valence-corrected chi connectivity index (χ1v) is 5.17. The average Bonchev–Trinajstić information content (AvgIpc) is 2.21. The predicted octanol–water partition coefficient (Wildman–Crippen LogP) is 3.60. The molecule has 0 saturated heterocycles. The zero-order valence-electron chi connectivity index (χ0n) is 8.19. The number of rotatable bonds is 4. The fraction of sp³-hybridized carbons (Fsp3) is 0.300. The van der Waals surface area contributed by atoms with Gasteiger partial charge >= 0.3 is 12.3 Å². The van der Waals surface area contributed by atoms with Crippen LogP contribution in [0.3, 0.4) is 0 Å². The minimum absolute atomic E-state index is 0.0247. The lowest BCUT2D eigenvalue weighted by molar-refractivity contribution is -0.166. The van der Waals surface area contributed by atoms with Gasteiger partial charge in [-0.25, -0.2) is 13.2 Å². The number of halogens is 6. The summed E-state index contributed by atoms with van der Waals surface area (Å²) in [6.45, 7) is 0. The van der Waals surface area contributed by atoms with Gasteiger partial charge in [-0.1, -0.05) is 22.0 Å². The number of ketones is 1. The third kappa shape index (κ3) is 3.24. The van der Waals surface area contributed by atoms with Crippen molar-refractivity contribution in [2.75, 3.05) is 0 Å². The lowest BCUT2D eigenvalue weighted by atomic mass is 10.1. The number of hydrogen-bond donors (Lipinski definition) is 0. The topological polar surface area (TPSA) is 17.1 Å². The van der Waals surface area contributed by atoms with Crippen LogP contribution in [0.5, 0.6) is 0 Å². The van der Waals surface area contributed by atoms with Gasteiger partial charge in [0.05, 0.1) is 0 Å². The Bertz CT molecular complexity index is 433. The van der Waals surface area contributed by atoms with Gasteiger partial charge in [-0.15, -0.1) is 0 Å². The van der Waals surface area contributed by atoms with Crippen LogP contribution in [-0.2, 0) is 11.2 Å². The number of Topliss-reactive ketones (excluding diaryl/α,β-unsaturated/α-hetero) is 1. The summed E-state index contributed by atoms with van der Waals surface area (Å²) in [5.41, 5.74) is 0.0247. The Hall–Kier alpha value is -0.980. The first-order valence-electron chi connectivity index (χ1n) is 4.38. The second-order valence-electron chi connectivity index (χ2n) is 3.26. The SMILES string of the molecule is O=C(Cc1ccc(F)cc1Br)C(F)(F)C(F)F. The summed E-state index contributed by atoms with van der Waals surface area (Å²) in [7, 11) is 0. The summed E-state index contributed by atoms with van der Waals surface area (Å²) >= 11 is 2.85. The van der Waals surface area contributed by atoms with Crippen LogP contribution in [0.15, 0.2) is 22.7 Å². The summed E-state index contributed by atoms with van der Waals surface area (Å²) in [6.07, 6.45) is -4.94. The van der Waals surface area contributed by atoms with Gasteiger partial charge in [-0.2, -0.15) is 8.78 Å². The van der Waals surface area contributed by atoms with E-state index >= 15 is 0 Å². The molecule has 17 heavy (non-hydrogen) atoms. The molecular weight excluding hydrogens is 311 g/mol. The molecule has 0 bridgehead atoms. The largest absolute Gasteiger partial charge is 0.364 e. The molecule has 0 fully saturated rings. The van der Waals surface area contributed by atoms with Crippen molar-refractivity contribution in [3.05, 3.63) is 34.1 Å². The van der Waals surface area contributed by atoms with E-state index in [9.17, 15) is 26.7 Å². The zero-order valence-corrected chi connectivity index (χ0v) is 9.78. The van der Waals surface area contributed by atoms with Gasteiger partial charge in [0, 0.05) is 10.9 Å². The van der Waals surface area contributed by atoms with Crippen LogP contribution < -0.4 is 0 Å². The summed E-state index contributed by atoms with van der Waals surface area (Å²) < 4.78 is 61.8. The van der Waals surface area contributed by atoms with E-state index in [-0.39, 0.29) is 10.0 Å². The maximum Gasteiger partial charge on any atom is 0.364 e. The summed E-state index contributed by atoms with van der Waals surface area (Å²) in [5, 5.41) is 0. The monoisotopic (exact) mass is 316 g/mol. The lowest BCUT2D eigenvalue weighted by Crippen LogP contribution is -2.37. The van der Waals surface area contributed by atoms with Crippen molar-refractivity contribution in [3.63, 3.8) is 0 Å². The van der Waals surface area contributed by atoms with Crippen LogP contribution in [0.25, 0.3) is 0 Å². The Morgan fingerprint density at radius 1 is 1.35 bits per heavy atom. The number of hydrogen-bond acceptors (Lipinski definition) is 1. The molecule has 1 rings (SSSR count). The minimum Gasteiger partial charge on any atom is -0.292 e. The van der Waals surface area contributed by atoms with Crippen LogP contribution in [0.2, 0.25) is 0 Å². The van der Waals surface area contributed by atoms with Gasteiger partial charge < -0.3 is 0 Å². The molecule has 0 saturated carbocycles. The molecular formula is C10H6BrF5O. The minimum atomic E-state index is -4.69.